The Hall–Kier alpha value is -5.63. The molecule has 0 saturated heterocycles. The molecule has 0 spiro atoms. The summed E-state index contributed by atoms with van der Waals surface area (Å²) in [5, 5.41) is 7.38. The molecule has 0 fully saturated rings. The zero-order valence-corrected chi connectivity index (χ0v) is 43.8. The Morgan fingerprint density at radius 2 is 1.46 bits per heavy atom. The van der Waals surface area contributed by atoms with Crippen LogP contribution in [0.5, 0.6) is 0 Å². The SMILES string of the molecule is Cc1ccc2c(n1)sc1c(-c3nc4cc5ccccc5cc4n3-c3c(C(C)C)cccc3C(C)C)[c-]ccc12.[2H]C([2H])([2H])c1c[c-]c(-c2cc(CC(C)C)c([Si](C)(C)c3ccccc3)cn2)c(F)c1.[Ir]. The smallest absolute Gasteiger partial charge is 0.114 e. The van der Waals surface area contributed by atoms with Crippen LogP contribution in [0.25, 0.3) is 70.4 Å². The van der Waals surface area contributed by atoms with Gasteiger partial charge in [0.1, 0.15) is 12.9 Å². The van der Waals surface area contributed by atoms with E-state index in [0.717, 1.165) is 45.4 Å². The third kappa shape index (κ3) is 9.34. The summed E-state index contributed by atoms with van der Waals surface area (Å²) in [6.45, 7) is 17.8. The first-order chi connectivity index (χ1) is 32.9. The molecule has 0 N–H and O–H groups in total. The molecule has 0 bridgehead atoms. The van der Waals surface area contributed by atoms with Crippen molar-refractivity contribution in [3.05, 3.63) is 179 Å². The molecule has 1 radical (unpaired) electrons. The quantitative estimate of drug-likeness (QED) is 0.107. The number of para-hydroxylation sites is 1. The maximum Gasteiger partial charge on any atom is 0.114 e. The van der Waals surface area contributed by atoms with Gasteiger partial charge >= 0.3 is 0 Å². The summed E-state index contributed by atoms with van der Waals surface area (Å²) in [7, 11) is -1.98. The van der Waals surface area contributed by atoms with Crippen LogP contribution in [-0.4, -0.2) is 27.6 Å². The molecule has 8 heteroatoms. The molecule has 0 aliphatic rings. The standard InChI is InChI=1S/C35H30N3S.C24H27FNSi.Ir/c1-20(2)25-12-8-13-26(21(3)4)32(25)38-31-19-24-11-7-6-10-23(24)18-30(31)37-34(38)29-15-9-14-27-28-17-16-22(5)36-35(28)39-33(27)29;1-17(2)13-19-15-23(21-12-11-18(3)14-22(21)25)26-16-24(19)27(4,5)20-9-7-6-8-10-20;/h6-14,16-21H,1-5H3;6-11,14-17H,13H2,1-5H3;/q2*-1;/i;3D3;. The van der Waals surface area contributed by atoms with E-state index in [1.165, 1.54) is 65.1 Å². The topological polar surface area (TPSA) is 43.6 Å². The van der Waals surface area contributed by atoms with Crippen LogP contribution in [0, 0.1) is 37.6 Å². The van der Waals surface area contributed by atoms with Gasteiger partial charge in [0, 0.05) is 47.6 Å². The molecule has 0 aliphatic carbocycles. The molecule has 4 aromatic heterocycles. The van der Waals surface area contributed by atoms with E-state index in [0.29, 0.717) is 23.4 Å². The van der Waals surface area contributed by atoms with Crippen LogP contribution in [0.15, 0.2) is 134 Å². The summed E-state index contributed by atoms with van der Waals surface area (Å²) >= 11 is 1.74. The molecule has 4 heterocycles. The zero-order chi connectivity index (χ0) is 48.9. The van der Waals surface area contributed by atoms with Gasteiger partial charge in [0.2, 0.25) is 0 Å². The first-order valence-corrected chi connectivity index (χ1v) is 26.7. The number of imidazole rings is 1. The molecule has 341 valence electrons. The van der Waals surface area contributed by atoms with Gasteiger partial charge in [-0.2, -0.15) is 11.3 Å². The fourth-order valence-corrected chi connectivity index (χ4v) is 13.2. The van der Waals surface area contributed by atoms with Crippen molar-refractivity contribution in [1.29, 1.82) is 0 Å². The summed E-state index contributed by atoms with van der Waals surface area (Å²) in [6, 6.07) is 49.6. The van der Waals surface area contributed by atoms with Crippen molar-refractivity contribution in [2.24, 2.45) is 5.92 Å². The average molecular weight is 1100 g/mol. The van der Waals surface area contributed by atoms with Crippen molar-refractivity contribution in [2.45, 2.75) is 86.7 Å². The number of rotatable bonds is 9. The normalized spacial score (nSPS) is 12.7. The minimum absolute atomic E-state index is 0. The second-order valence-electron chi connectivity index (χ2n) is 19.0. The number of nitrogens with zero attached hydrogens (tertiary/aromatic N) is 4. The van der Waals surface area contributed by atoms with Gasteiger partial charge in [-0.05, 0) is 92.2 Å². The van der Waals surface area contributed by atoms with E-state index < -0.39 is 20.7 Å². The van der Waals surface area contributed by atoms with Gasteiger partial charge in [0.05, 0.1) is 16.9 Å². The molecular formula is C59H57FIrN4SSi-2. The number of aryl methyl sites for hydroxylation is 2. The first-order valence-electron chi connectivity index (χ1n) is 24.4. The maximum atomic E-state index is 14.7. The van der Waals surface area contributed by atoms with Gasteiger partial charge in [-0.25, -0.2) is 4.98 Å². The van der Waals surface area contributed by atoms with E-state index in [4.69, 9.17) is 14.1 Å². The second kappa shape index (κ2) is 19.5. The van der Waals surface area contributed by atoms with E-state index in [1.807, 2.05) is 24.4 Å². The predicted molar refractivity (Wildman–Crippen MR) is 281 cm³/mol. The van der Waals surface area contributed by atoms with Gasteiger partial charge in [-0.3, -0.25) is 9.37 Å². The fourth-order valence-electron chi connectivity index (χ4n) is 9.29. The molecule has 0 unspecified atom stereocenters. The van der Waals surface area contributed by atoms with Gasteiger partial charge < -0.3 is 9.55 Å². The number of benzene rings is 6. The van der Waals surface area contributed by atoms with E-state index in [-0.39, 0.29) is 31.2 Å². The Bertz CT molecular complexity index is 3500. The minimum atomic E-state index is -2.36. The molecule has 10 aromatic rings. The molecule has 0 amide bonds. The summed E-state index contributed by atoms with van der Waals surface area (Å²) in [5.74, 6) is 1.48. The van der Waals surface area contributed by atoms with Gasteiger partial charge in [0.25, 0.3) is 0 Å². The van der Waals surface area contributed by atoms with Crippen molar-refractivity contribution in [1.82, 2.24) is 19.5 Å². The van der Waals surface area contributed by atoms with Crippen LogP contribution >= 0.6 is 11.3 Å². The zero-order valence-electron chi connectivity index (χ0n) is 42.5. The Labute approximate surface area is 418 Å². The van der Waals surface area contributed by atoms with Crippen molar-refractivity contribution >= 4 is 71.9 Å². The monoisotopic (exact) mass is 1100 g/mol. The number of hydrogen-bond donors (Lipinski definition) is 0. The average Bonchev–Trinajstić information content (AvgIpc) is 3.87. The van der Waals surface area contributed by atoms with Gasteiger partial charge in [-0.1, -0.05) is 174 Å². The number of aromatic nitrogens is 4. The second-order valence-corrected chi connectivity index (χ2v) is 24.3. The molecule has 6 aromatic carbocycles. The van der Waals surface area contributed by atoms with Gasteiger partial charge in [0.15, 0.2) is 0 Å². The number of halogens is 1. The molecular weight excluding hydrogens is 1040 g/mol. The number of hydrogen-bond acceptors (Lipinski definition) is 4. The maximum absolute atomic E-state index is 14.7. The Balaban J connectivity index is 0.000000193. The van der Waals surface area contributed by atoms with E-state index in [2.05, 4.69) is 180 Å². The van der Waals surface area contributed by atoms with Crippen LogP contribution < -0.4 is 10.4 Å². The largest absolute Gasteiger partial charge is 0.333 e. The van der Waals surface area contributed by atoms with Crippen molar-refractivity contribution in [3.8, 4) is 28.3 Å². The Morgan fingerprint density at radius 1 is 0.761 bits per heavy atom. The van der Waals surface area contributed by atoms with Crippen molar-refractivity contribution < 1.29 is 28.6 Å². The molecule has 4 nitrogen and oxygen atoms in total. The Morgan fingerprint density at radius 3 is 2.13 bits per heavy atom. The van der Waals surface area contributed by atoms with Gasteiger partial charge in [-0.15, -0.1) is 42.0 Å². The minimum Gasteiger partial charge on any atom is -0.333 e. The van der Waals surface area contributed by atoms with Crippen LogP contribution in [0.1, 0.15) is 85.4 Å². The van der Waals surface area contributed by atoms with Crippen molar-refractivity contribution in [3.63, 3.8) is 0 Å². The van der Waals surface area contributed by atoms with E-state index >= 15 is 0 Å². The number of pyridine rings is 2. The third-order valence-electron chi connectivity index (χ3n) is 12.7. The van der Waals surface area contributed by atoms with E-state index in [1.54, 1.807) is 11.3 Å². The summed E-state index contributed by atoms with van der Waals surface area (Å²) in [4.78, 5) is 15.9. The van der Waals surface area contributed by atoms with Crippen LogP contribution in [0.3, 0.4) is 0 Å². The molecule has 0 aliphatic heterocycles. The Kier molecular flexibility index (Phi) is 12.8. The first kappa shape index (κ1) is 43.9. The molecule has 10 rings (SSSR count). The van der Waals surface area contributed by atoms with Crippen molar-refractivity contribution in [2.75, 3.05) is 0 Å². The summed E-state index contributed by atoms with van der Waals surface area (Å²) in [5.41, 5.74) is 9.90. The fraction of sp³-hybridized carbons (Fsp3) is 0.237. The number of thiophene rings is 1. The summed E-state index contributed by atoms with van der Waals surface area (Å²) < 4.78 is 40.8. The summed E-state index contributed by atoms with van der Waals surface area (Å²) in [6.07, 6.45) is 2.75. The van der Waals surface area contributed by atoms with Crippen LogP contribution in [-0.2, 0) is 26.5 Å². The van der Waals surface area contributed by atoms with Crippen LogP contribution in [0.4, 0.5) is 4.39 Å². The van der Waals surface area contributed by atoms with Crippen LogP contribution in [0.2, 0.25) is 13.1 Å². The molecule has 67 heavy (non-hydrogen) atoms. The molecule has 0 atom stereocenters. The predicted octanol–water partition coefficient (Wildman–Crippen LogP) is 15.0. The third-order valence-corrected chi connectivity index (χ3v) is 17.4. The number of fused-ring (bicyclic) bond motifs is 5. The molecule has 0 saturated carbocycles. The van der Waals surface area contributed by atoms with E-state index in [9.17, 15) is 4.39 Å².